The molecule has 0 atom stereocenters. The van der Waals surface area contributed by atoms with Crippen molar-refractivity contribution >= 4 is 17.1 Å². The van der Waals surface area contributed by atoms with Gasteiger partial charge in [0.25, 0.3) is 0 Å². The van der Waals surface area contributed by atoms with E-state index in [1.807, 2.05) is 0 Å². The van der Waals surface area contributed by atoms with Crippen molar-refractivity contribution < 1.29 is 0 Å². The normalized spacial score (nSPS) is 24.5. The van der Waals surface area contributed by atoms with Gasteiger partial charge in [-0.3, -0.25) is 0 Å². The van der Waals surface area contributed by atoms with Gasteiger partial charge in [-0.2, -0.15) is 0 Å². The van der Waals surface area contributed by atoms with E-state index in [-0.39, 0.29) is 5.41 Å². The highest BCUT2D eigenvalue weighted by Crippen LogP contribution is 2.61. The van der Waals surface area contributed by atoms with E-state index in [2.05, 4.69) is 158 Å². The zero-order valence-corrected chi connectivity index (χ0v) is 33.3. The Morgan fingerprint density at radius 3 is 1.71 bits per heavy atom. The number of benzene rings is 6. The molecule has 6 aliphatic carbocycles. The molecule has 280 valence electrons. The van der Waals surface area contributed by atoms with E-state index in [0.717, 1.165) is 17.8 Å². The van der Waals surface area contributed by atoms with Crippen LogP contribution in [0.4, 0.5) is 17.1 Å². The van der Waals surface area contributed by atoms with E-state index in [1.54, 1.807) is 5.56 Å². The maximum absolute atomic E-state index is 2.56. The average molecular weight is 730 g/mol. The number of hydrogen-bond acceptors (Lipinski definition) is 1. The predicted molar refractivity (Wildman–Crippen MR) is 235 cm³/mol. The standard InChI is InChI=1S/C55H55N/c1-54(2)51-16-10-9-15-49(51)53-50(44-19-17-42(18-20-44)40-11-5-3-6-12-40)32-48(33-52(53)54)56(46-25-21-43(22-26-46)41-13-7-4-8-14-41)47-27-23-45(24-28-47)55-34-37-29-38(35-55)31-39(30-37)36-55/h3,5-6,9-12,15-28,32-33,37-39,41H,4,7-8,13-14,29-31,34-36H2,1-2H3. The molecule has 0 radical (unpaired) electrons. The van der Waals surface area contributed by atoms with E-state index in [1.165, 1.54) is 138 Å². The third-order valence-electron chi connectivity index (χ3n) is 15.2. The smallest absolute Gasteiger partial charge is 0.0471 e. The summed E-state index contributed by atoms with van der Waals surface area (Å²) >= 11 is 0. The number of fused-ring (bicyclic) bond motifs is 3. The molecule has 0 aromatic heterocycles. The largest absolute Gasteiger partial charge is 0.310 e. The van der Waals surface area contributed by atoms with Crippen LogP contribution in [0, 0.1) is 17.8 Å². The van der Waals surface area contributed by atoms with Crippen LogP contribution in [0.25, 0.3) is 33.4 Å². The lowest BCUT2D eigenvalue weighted by Gasteiger charge is -2.57. The summed E-state index contributed by atoms with van der Waals surface area (Å²) in [6.45, 7) is 4.85. The highest BCUT2D eigenvalue weighted by atomic mass is 15.1. The molecular weight excluding hydrogens is 675 g/mol. The Balaban J connectivity index is 1.06. The third kappa shape index (κ3) is 5.71. The monoisotopic (exact) mass is 729 g/mol. The van der Waals surface area contributed by atoms with Crippen LogP contribution in [0.3, 0.4) is 0 Å². The summed E-state index contributed by atoms with van der Waals surface area (Å²) in [4.78, 5) is 2.56. The zero-order chi connectivity index (χ0) is 37.4. The first kappa shape index (κ1) is 34.4. The number of hydrogen-bond donors (Lipinski definition) is 0. The van der Waals surface area contributed by atoms with Crippen molar-refractivity contribution in [3.8, 4) is 33.4 Å². The quantitative estimate of drug-likeness (QED) is 0.158. The van der Waals surface area contributed by atoms with Crippen LogP contribution in [0.5, 0.6) is 0 Å². The van der Waals surface area contributed by atoms with Gasteiger partial charge in [-0.1, -0.05) is 136 Å². The van der Waals surface area contributed by atoms with Crippen LogP contribution in [-0.4, -0.2) is 0 Å². The van der Waals surface area contributed by atoms with E-state index < -0.39 is 0 Å². The zero-order valence-electron chi connectivity index (χ0n) is 33.3. The first-order chi connectivity index (χ1) is 27.4. The van der Waals surface area contributed by atoms with Crippen LogP contribution >= 0.6 is 0 Å². The molecule has 0 heterocycles. The molecule has 12 rings (SSSR count). The second kappa shape index (κ2) is 13.4. The molecule has 1 nitrogen and oxygen atoms in total. The van der Waals surface area contributed by atoms with Gasteiger partial charge >= 0.3 is 0 Å². The van der Waals surface area contributed by atoms with E-state index in [0.29, 0.717) is 11.3 Å². The molecule has 0 saturated heterocycles. The fourth-order valence-electron chi connectivity index (χ4n) is 12.8. The Morgan fingerprint density at radius 2 is 1.05 bits per heavy atom. The summed E-state index contributed by atoms with van der Waals surface area (Å²) in [5.74, 6) is 3.52. The first-order valence-corrected chi connectivity index (χ1v) is 21.9. The third-order valence-corrected chi connectivity index (χ3v) is 15.2. The summed E-state index contributed by atoms with van der Waals surface area (Å²) < 4.78 is 0. The van der Waals surface area contributed by atoms with Crippen molar-refractivity contribution in [1.82, 2.24) is 0 Å². The lowest BCUT2D eigenvalue weighted by atomic mass is 9.48. The molecule has 0 N–H and O–H groups in total. The molecule has 0 spiro atoms. The molecule has 0 unspecified atom stereocenters. The molecule has 1 heteroatoms. The summed E-state index contributed by atoms with van der Waals surface area (Å²) in [6, 6.07) is 53.9. The average Bonchev–Trinajstić information content (AvgIpc) is 3.47. The second-order valence-electron chi connectivity index (χ2n) is 19.0. The lowest BCUT2D eigenvalue weighted by molar-refractivity contribution is -0.00518. The molecule has 0 aliphatic heterocycles. The molecule has 4 bridgehead atoms. The highest BCUT2D eigenvalue weighted by molar-refractivity contribution is 5.96. The van der Waals surface area contributed by atoms with Gasteiger partial charge in [0.15, 0.2) is 0 Å². The van der Waals surface area contributed by atoms with E-state index in [4.69, 9.17) is 0 Å². The minimum atomic E-state index is -0.125. The van der Waals surface area contributed by atoms with Crippen LogP contribution in [0.2, 0.25) is 0 Å². The maximum atomic E-state index is 2.56. The molecular formula is C55H55N. The van der Waals surface area contributed by atoms with Crippen molar-refractivity contribution in [3.05, 3.63) is 162 Å². The molecule has 6 aromatic rings. The van der Waals surface area contributed by atoms with Crippen molar-refractivity contribution in [2.45, 2.75) is 101 Å². The Labute approximate surface area is 334 Å². The number of nitrogens with zero attached hydrogens (tertiary/aromatic N) is 1. The fraction of sp³-hybridized carbons (Fsp3) is 0.345. The molecule has 56 heavy (non-hydrogen) atoms. The van der Waals surface area contributed by atoms with Crippen LogP contribution < -0.4 is 4.90 Å². The summed E-state index contributed by atoms with van der Waals surface area (Å²) in [7, 11) is 0. The Kier molecular flexibility index (Phi) is 8.20. The topological polar surface area (TPSA) is 3.24 Å². The molecule has 5 saturated carbocycles. The van der Waals surface area contributed by atoms with Gasteiger partial charge in [0.2, 0.25) is 0 Å². The summed E-state index contributed by atoms with van der Waals surface area (Å²) in [5.41, 5.74) is 17.7. The van der Waals surface area contributed by atoms with Gasteiger partial charge in [0.05, 0.1) is 0 Å². The first-order valence-electron chi connectivity index (χ1n) is 21.9. The second-order valence-corrected chi connectivity index (χ2v) is 19.0. The summed E-state index contributed by atoms with van der Waals surface area (Å²) in [6.07, 6.45) is 15.4. The van der Waals surface area contributed by atoms with Crippen molar-refractivity contribution in [2.24, 2.45) is 17.8 Å². The Hall–Kier alpha value is -4.88. The Bertz CT molecular complexity index is 2340. The van der Waals surface area contributed by atoms with E-state index in [9.17, 15) is 0 Å². The van der Waals surface area contributed by atoms with Gasteiger partial charge in [-0.15, -0.1) is 0 Å². The van der Waals surface area contributed by atoms with Gasteiger partial charge in [0, 0.05) is 22.5 Å². The predicted octanol–water partition coefficient (Wildman–Crippen LogP) is 15.3. The maximum Gasteiger partial charge on any atom is 0.0471 e. The molecule has 6 aliphatic rings. The van der Waals surface area contributed by atoms with Gasteiger partial charge in [-0.05, 0) is 172 Å². The lowest BCUT2D eigenvalue weighted by Crippen LogP contribution is -2.48. The van der Waals surface area contributed by atoms with Gasteiger partial charge in [-0.25, -0.2) is 0 Å². The molecule has 0 amide bonds. The van der Waals surface area contributed by atoms with Gasteiger partial charge < -0.3 is 4.90 Å². The highest BCUT2D eigenvalue weighted by Gasteiger charge is 2.51. The fourth-order valence-corrected chi connectivity index (χ4v) is 12.8. The van der Waals surface area contributed by atoms with Crippen LogP contribution in [0.15, 0.2) is 140 Å². The van der Waals surface area contributed by atoms with Crippen molar-refractivity contribution in [1.29, 1.82) is 0 Å². The summed E-state index contributed by atoms with van der Waals surface area (Å²) in [5, 5.41) is 0. The van der Waals surface area contributed by atoms with Gasteiger partial charge in [0.1, 0.15) is 0 Å². The minimum Gasteiger partial charge on any atom is -0.310 e. The number of rotatable bonds is 7. The molecule has 5 fully saturated rings. The van der Waals surface area contributed by atoms with Crippen LogP contribution in [0.1, 0.15) is 113 Å². The van der Waals surface area contributed by atoms with Crippen molar-refractivity contribution in [3.63, 3.8) is 0 Å². The molecule has 6 aromatic carbocycles. The Morgan fingerprint density at radius 1 is 0.482 bits per heavy atom. The van der Waals surface area contributed by atoms with Crippen LogP contribution in [-0.2, 0) is 10.8 Å². The van der Waals surface area contributed by atoms with Crippen molar-refractivity contribution in [2.75, 3.05) is 4.90 Å². The minimum absolute atomic E-state index is 0.125. The number of anilines is 3. The SMILES string of the molecule is CC1(C)c2ccccc2-c2c(-c3ccc(-c4ccccc4)cc3)cc(N(c3ccc(C4CCCCC4)cc3)c3ccc(C45CC6CC(CC(C6)C4)C5)cc3)cc21. The van der Waals surface area contributed by atoms with E-state index >= 15 is 0 Å².